The van der Waals surface area contributed by atoms with Gasteiger partial charge in [-0.05, 0) is 38.5 Å². The Hall–Kier alpha value is -0.780. The van der Waals surface area contributed by atoms with Gasteiger partial charge in [0.15, 0.2) is 0 Å². The van der Waals surface area contributed by atoms with Crippen molar-refractivity contribution in [3.05, 3.63) is 42.9 Å². The van der Waals surface area contributed by atoms with Gasteiger partial charge in [0.1, 0.15) is 0 Å². The van der Waals surface area contributed by atoms with E-state index < -0.39 is 0 Å². The molecule has 0 aromatic carbocycles. The summed E-state index contributed by atoms with van der Waals surface area (Å²) in [5.41, 5.74) is 0. The highest BCUT2D eigenvalue weighted by Gasteiger charge is 1.87. The molecule has 0 unspecified atom stereocenters. The number of hydrogen-bond donors (Lipinski definition) is 0. The summed E-state index contributed by atoms with van der Waals surface area (Å²) in [5, 5.41) is 0. The molecule has 0 N–H and O–H groups in total. The fourth-order valence-electron chi connectivity index (χ4n) is 1.22. The van der Waals surface area contributed by atoms with Gasteiger partial charge in [0.05, 0.1) is 0 Å². The van der Waals surface area contributed by atoms with E-state index in [9.17, 15) is 0 Å². The maximum Gasteiger partial charge on any atom is -0.0345 e. The van der Waals surface area contributed by atoms with Crippen LogP contribution in [0.15, 0.2) is 36.5 Å². The maximum atomic E-state index is 2.39. The highest BCUT2D eigenvalue weighted by Crippen LogP contribution is 2.06. The molecule has 0 aromatic rings. The van der Waals surface area contributed by atoms with Crippen molar-refractivity contribution in [2.45, 2.75) is 32.1 Å². The molecule has 1 radical (unpaired) electrons. The molecule has 1 rings (SSSR count). The first-order valence-electron chi connectivity index (χ1n) is 4.80. The standard InChI is InChI=1S/C12H17/c1-2-4-6-8-10-12-11-9-7-5-3-1/h1-6,11H,7-10,12H2/b2-1-,5-3+,6-4+. The van der Waals surface area contributed by atoms with Crippen molar-refractivity contribution in [2.75, 3.05) is 0 Å². The third-order valence-electron chi connectivity index (χ3n) is 1.92. The summed E-state index contributed by atoms with van der Waals surface area (Å²) in [5.74, 6) is 0. The van der Waals surface area contributed by atoms with E-state index in [0.29, 0.717) is 0 Å². The molecule has 0 heterocycles. The van der Waals surface area contributed by atoms with Crippen molar-refractivity contribution in [1.82, 2.24) is 0 Å². The lowest BCUT2D eigenvalue weighted by atomic mass is 10.1. The number of allylic oxidation sites excluding steroid dienone is 6. The average Bonchev–Trinajstić information content (AvgIpc) is 2.05. The first-order valence-corrected chi connectivity index (χ1v) is 4.80. The minimum Gasteiger partial charge on any atom is -0.0845 e. The second kappa shape index (κ2) is 6.90. The highest BCUT2D eigenvalue weighted by molar-refractivity contribution is 5.11. The first kappa shape index (κ1) is 9.31. The van der Waals surface area contributed by atoms with Crippen LogP contribution in [-0.2, 0) is 0 Å². The maximum absolute atomic E-state index is 2.39. The molecule has 1 aliphatic rings. The van der Waals surface area contributed by atoms with E-state index in [1.54, 1.807) is 0 Å². The number of hydrogen-bond acceptors (Lipinski definition) is 0. The molecule has 0 saturated carbocycles. The molecule has 1 aliphatic carbocycles. The van der Waals surface area contributed by atoms with Crippen LogP contribution in [0.5, 0.6) is 0 Å². The van der Waals surface area contributed by atoms with Gasteiger partial charge in [0.25, 0.3) is 0 Å². The summed E-state index contributed by atoms with van der Waals surface area (Å²) in [6.07, 6.45) is 21.5. The third kappa shape index (κ3) is 4.95. The van der Waals surface area contributed by atoms with E-state index in [1.165, 1.54) is 32.1 Å². The van der Waals surface area contributed by atoms with E-state index in [0.717, 1.165) is 0 Å². The van der Waals surface area contributed by atoms with Crippen LogP contribution < -0.4 is 0 Å². The van der Waals surface area contributed by atoms with Crippen LogP contribution >= 0.6 is 0 Å². The molecule has 0 aliphatic heterocycles. The van der Waals surface area contributed by atoms with Crippen LogP contribution in [0.2, 0.25) is 0 Å². The van der Waals surface area contributed by atoms with Crippen molar-refractivity contribution in [2.24, 2.45) is 0 Å². The SMILES string of the molecule is [CH]1CC/C=C/C=C\C=C\CCC1. The fraction of sp³-hybridized carbons (Fsp3) is 0.417. The Balaban J connectivity index is 2.32. The third-order valence-corrected chi connectivity index (χ3v) is 1.92. The smallest absolute Gasteiger partial charge is 0.0345 e. The summed E-state index contributed by atoms with van der Waals surface area (Å²) in [6.45, 7) is 0. The average molecular weight is 161 g/mol. The quantitative estimate of drug-likeness (QED) is 0.506. The predicted molar refractivity (Wildman–Crippen MR) is 54.8 cm³/mol. The Morgan fingerprint density at radius 3 is 2.17 bits per heavy atom. The van der Waals surface area contributed by atoms with Gasteiger partial charge in [-0.3, -0.25) is 0 Å². The molecule has 0 saturated heterocycles. The minimum absolute atomic E-state index is 1.19. The van der Waals surface area contributed by atoms with E-state index >= 15 is 0 Å². The molecular weight excluding hydrogens is 144 g/mol. The van der Waals surface area contributed by atoms with Crippen LogP contribution in [0.4, 0.5) is 0 Å². The summed E-state index contributed by atoms with van der Waals surface area (Å²) >= 11 is 0. The Kier molecular flexibility index (Phi) is 5.35. The molecule has 12 heavy (non-hydrogen) atoms. The summed E-state index contributed by atoms with van der Waals surface area (Å²) in [7, 11) is 0. The molecule has 0 heteroatoms. The molecule has 0 spiro atoms. The molecule has 0 fully saturated rings. The van der Waals surface area contributed by atoms with Gasteiger partial charge >= 0.3 is 0 Å². The lowest BCUT2D eigenvalue weighted by Gasteiger charge is -1.96. The fourth-order valence-corrected chi connectivity index (χ4v) is 1.22. The molecular formula is C12H17. The lowest BCUT2D eigenvalue weighted by Crippen LogP contribution is -1.78. The number of rotatable bonds is 0. The van der Waals surface area contributed by atoms with Crippen LogP contribution in [0.3, 0.4) is 0 Å². The van der Waals surface area contributed by atoms with Gasteiger partial charge in [-0.1, -0.05) is 36.5 Å². The highest BCUT2D eigenvalue weighted by atomic mass is 13.9. The minimum atomic E-state index is 1.19. The van der Waals surface area contributed by atoms with Crippen molar-refractivity contribution < 1.29 is 0 Å². The molecule has 0 nitrogen and oxygen atoms in total. The zero-order chi connectivity index (χ0) is 8.49. The summed E-state index contributed by atoms with van der Waals surface area (Å²) in [6, 6.07) is 0. The molecule has 65 valence electrons. The van der Waals surface area contributed by atoms with Crippen LogP contribution in [0.1, 0.15) is 32.1 Å². The van der Waals surface area contributed by atoms with E-state index in [4.69, 9.17) is 0 Å². The molecule has 0 atom stereocenters. The topological polar surface area (TPSA) is 0 Å². The van der Waals surface area contributed by atoms with Gasteiger partial charge in [-0.25, -0.2) is 0 Å². The van der Waals surface area contributed by atoms with Crippen molar-refractivity contribution in [3.8, 4) is 0 Å². The molecule has 0 aromatic heterocycles. The van der Waals surface area contributed by atoms with E-state index in [1.807, 2.05) is 0 Å². The van der Waals surface area contributed by atoms with Gasteiger partial charge in [-0.15, -0.1) is 0 Å². The van der Waals surface area contributed by atoms with Gasteiger partial charge in [-0.2, -0.15) is 0 Å². The molecule has 0 bridgehead atoms. The van der Waals surface area contributed by atoms with Crippen molar-refractivity contribution in [1.29, 1.82) is 0 Å². The monoisotopic (exact) mass is 161 g/mol. The van der Waals surface area contributed by atoms with Crippen molar-refractivity contribution >= 4 is 0 Å². The van der Waals surface area contributed by atoms with Gasteiger partial charge in [0, 0.05) is 0 Å². The molecule has 0 amide bonds. The Morgan fingerprint density at radius 2 is 1.33 bits per heavy atom. The Morgan fingerprint density at radius 1 is 0.583 bits per heavy atom. The van der Waals surface area contributed by atoms with Crippen LogP contribution in [0, 0.1) is 6.42 Å². The Bertz CT molecular complexity index is 152. The largest absolute Gasteiger partial charge is 0.0845 e. The normalized spacial score (nSPS) is 28.0. The zero-order valence-electron chi connectivity index (χ0n) is 7.58. The second-order valence-corrected chi connectivity index (χ2v) is 3.04. The summed E-state index contributed by atoms with van der Waals surface area (Å²) < 4.78 is 0. The van der Waals surface area contributed by atoms with E-state index in [2.05, 4.69) is 42.9 Å². The Labute approximate surface area is 75.7 Å². The van der Waals surface area contributed by atoms with Gasteiger partial charge < -0.3 is 0 Å². The van der Waals surface area contributed by atoms with Gasteiger partial charge in [0.2, 0.25) is 0 Å². The second-order valence-electron chi connectivity index (χ2n) is 3.04. The predicted octanol–water partition coefficient (Wildman–Crippen LogP) is 3.82. The van der Waals surface area contributed by atoms with Crippen molar-refractivity contribution in [3.63, 3.8) is 0 Å². The van der Waals surface area contributed by atoms with Crippen LogP contribution in [0.25, 0.3) is 0 Å². The lowest BCUT2D eigenvalue weighted by molar-refractivity contribution is 0.779. The summed E-state index contributed by atoms with van der Waals surface area (Å²) in [4.78, 5) is 0. The van der Waals surface area contributed by atoms with E-state index in [-0.39, 0.29) is 0 Å². The first-order chi connectivity index (χ1) is 6.00. The zero-order valence-corrected chi connectivity index (χ0v) is 7.58. The van der Waals surface area contributed by atoms with Crippen LogP contribution in [-0.4, -0.2) is 0 Å².